The maximum Gasteiger partial charge on any atom is 0.502 e. The van der Waals surface area contributed by atoms with Gasteiger partial charge in [-0.15, -0.1) is 0 Å². The highest BCUT2D eigenvalue weighted by Gasteiger charge is 2.63. The Bertz CT molecular complexity index is 857. The molecule has 2 rings (SSSR count). The van der Waals surface area contributed by atoms with Crippen molar-refractivity contribution in [3.05, 3.63) is 34.1 Å². The summed E-state index contributed by atoms with van der Waals surface area (Å²) in [6, 6.07) is 0. The van der Waals surface area contributed by atoms with Gasteiger partial charge in [-0.1, -0.05) is 24.3 Å². The van der Waals surface area contributed by atoms with Crippen molar-refractivity contribution in [1.82, 2.24) is 0 Å². The number of hydrogen-bond donors (Lipinski definition) is 0. The fourth-order valence-corrected chi connectivity index (χ4v) is 6.93. The Hall–Kier alpha value is -1.37. The summed E-state index contributed by atoms with van der Waals surface area (Å²) in [7, 11) is -12.5. The highest BCUT2D eigenvalue weighted by atomic mass is 32.3. The number of allylic oxidation sites excluding steroid dienone is 5. The third-order valence-electron chi connectivity index (χ3n) is 3.85. The van der Waals surface area contributed by atoms with E-state index < -0.39 is 71.4 Å². The molecule has 4 unspecified atom stereocenters. The molecule has 0 aliphatic heterocycles. The number of hydrogen-bond acceptors (Lipinski definition) is 4. The van der Waals surface area contributed by atoms with E-state index in [1.54, 1.807) is 0 Å². The summed E-state index contributed by atoms with van der Waals surface area (Å²) >= 11 is 0. The smallest absolute Gasteiger partial charge is 0.243 e. The molecule has 2 aliphatic carbocycles. The molecule has 4 nitrogen and oxygen atoms in total. The van der Waals surface area contributed by atoms with Crippen molar-refractivity contribution in [3.8, 4) is 0 Å². The zero-order valence-electron chi connectivity index (χ0n) is 12.5. The van der Waals surface area contributed by atoms with Crippen LogP contribution in [0.5, 0.6) is 0 Å². The molecular formula is C13H11F7O4S2. The van der Waals surface area contributed by atoms with E-state index in [9.17, 15) is 47.6 Å². The highest BCUT2D eigenvalue weighted by Crippen LogP contribution is 2.43. The monoisotopic (exact) mass is 428 g/mol. The summed E-state index contributed by atoms with van der Waals surface area (Å²) in [5.41, 5.74) is -7.03. The van der Waals surface area contributed by atoms with Crippen molar-refractivity contribution in [1.29, 1.82) is 0 Å². The third-order valence-corrected chi connectivity index (χ3v) is 8.58. The highest BCUT2D eigenvalue weighted by molar-refractivity contribution is 8.15. The predicted molar refractivity (Wildman–Crippen MR) is 77.2 cm³/mol. The van der Waals surface area contributed by atoms with Crippen LogP contribution in [0.15, 0.2) is 34.1 Å². The SMILES string of the molecule is O=S(=O)(/C(=C1\C=CC=CC1)S(=O)(=O)C(F)(F)F)C1C(F)C(F)C(F)C1F. The van der Waals surface area contributed by atoms with Crippen LogP contribution in [0, 0.1) is 0 Å². The molecule has 13 heteroatoms. The summed E-state index contributed by atoms with van der Waals surface area (Å²) in [6.45, 7) is 0. The topological polar surface area (TPSA) is 68.3 Å². The minimum atomic E-state index is -6.59. The van der Waals surface area contributed by atoms with Crippen LogP contribution in [-0.4, -0.2) is 52.3 Å². The lowest BCUT2D eigenvalue weighted by atomic mass is 10.1. The molecule has 0 saturated heterocycles. The molecule has 0 radical (unpaired) electrons. The number of alkyl halides is 7. The van der Waals surface area contributed by atoms with E-state index in [4.69, 9.17) is 0 Å². The van der Waals surface area contributed by atoms with Crippen LogP contribution < -0.4 is 0 Å². The van der Waals surface area contributed by atoms with Gasteiger partial charge in [-0.2, -0.15) is 13.2 Å². The van der Waals surface area contributed by atoms with Gasteiger partial charge < -0.3 is 0 Å². The summed E-state index contributed by atoms with van der Waals surface area (Å²) < 4.78 is 139. The van der Waals surface area contributed by atoms with E-state index in [0.29, 0.717) is 6.08 Å². The van der Waals surface area contributed by atoms with E-state index in [1.807, 2.05) is 0 Å². The van der Waals surface area contributed by atoms with Gasteiger partial charge >= 0.3 is 5.51 Å². The Morgan fingerprint density at radius 1 is 0.885 bits per heavy atom. The largest absolute Gasteiger partial charge is 0.502 e. The Labute approximate surface area is 143 Å². The number of rotatable bonds is 3. The zero-order valence-corrected chi connectivity index (χ0v) is 14.1. The number of sulfone groups is 2. The van der Waals surface area contributed by atoms with Crippen LogP contribution in [0.3, 0.4) is 0 Å². The van der Waals surface area contributed by atoms with Crippen molar-refractivity contribution in [2.75, 3.05) is 0 Å². The van der Waals surface area contributed by atoms with Crippen LogP contribution in [-0.2, 0) is 19.7 Å². The summed E-state index contributed by atoms with van der Waals surface area (Å²) in [4.78, 5) is 0. The first-order valence-corrected chi connectivity index (χ1v) is 9.95. The molecule has 4 atom stereocenters. The van der Waals surface area contributed by atoms with Gasteiger partial charge in [-0.3, -0.25) is 0 Å². The standard InChI is InChI=1S/C13H11F7O4S2/c14-7-8(15)10(17)11(9(7)16)25(21,22)12(6-4-2-1-3-5-6)26(23,24)13(18,19)20/h1-4,7-11H,5H2/b12-6-. The summed E-state index contributed by atoms with van der Waals surface area (Å²) in [5, 5.41) is -3.26. The first-order valence-electron chi connectivity index (χ1n) is 6.92. The van der Waals surface area contributed by atoms with E-state index in [-0.39, 0.29) is 0 Å². The summed E-state index contributed by atoms with van der Waals surface area (Å²) in [6.07, 6.45) is -9.80. The maximum absolute atomic E-state index is 13.8. The molecule has 0 aromatic heterocycles. The molecule has 2 aliphatic rings. The molecule has 0 N–H and O–H groups in total. The van der Waals surface area contributed by atoms with Crippen LogP contribution in [0.1, 0.15) is 6.42 Å². The van der Waals surface area contributed by atoms with Gasteiger partial charge in [0.2, 0.25) is 0 Å². The Balaban J connectivity index is 2.75. The van der Waals surface area contributed by atoms with Crippen molar-refractivity contribution in [2.45, 2.75) is 41.9 Å². The van der Waals surface area contributed by atoms with Crippen LogP contribution in [0.25, 0.3) is 0 Å². The molecule has 0 bridgehead atoms. The Kier molecular flexibility index (Phi) is 5.36. The van der Waals surface area contributed by atoms with Crippen LogP contribution in [0.4, 0.5) is 30.7 Å². The van der Waals surface area contributed by atoms with Gasteiger partial charge in [0.15, 0.2) is 38.8 Å². The Morgan fingerprint density at radius 3 is 1.77 bits per heavy atom. The Morgan fingerprint density at radius 2 is 1.38 bits per heavy atom. The second-order valence-corrected chi connectivity index (χ2v) is 9.72. The zero-order chi connectivity index (χ0) is 20.1. The molecular weight excluding hydrogens is 417 g/mol. The third kappa shape index (κ3) is 3.19. The summed E-state index contributed by atoms with van der Waals surface area (Å²) in [5.74, 6) is 0. The average molecular weight is 428 g/mol. The molecule has 1 saturated carbocycles. The molecule has 0 heterocycles. The first kappa shape index (κ1) is 20.9. The first-order chi connectivity index (χ1) is 11.7. The lowest BCUT2D eigenvalue weighted by Crippen LogP contribution is -2.41. The average Bonchev–Trinajstić information content (AvgIpc) is 2.71. The normalized spacial score (nSPS) is 35.0. The molecule has 0 spiro atoms. The lowest BCUT2D eigenvalue weighted by Gasteiger charge is -2.21. The van der Waals surface area contributed by atoms with Gasteiger partial charge in [0.25, 0.3) is 9.84 Å². The molecule has 0 aromatic carbocycles. The molecule has 1 fully saturated rings. The van der Waals surface area contributed by atoms with Gasteiger partial charge in [0, 0.05) is 0 Å². The quantitative estimate of drug-likeness (QED) is 0.649. The second kappa shape index (κ2) is 6.66. The van der Waals surface area contributed by atoms with Gasteiger partial charge in [0.05, 0.1) is 0 Å². The maximum atomic E-state index is 13.8. The van der Waals surface area contributed by atoms with Crippen LogP contribution >= 0.6 is 0 Å². The fourth-order valence-electron chi connectivity index (χ4n) is 2.63. The van der Waals surface area contributed by atoms with Gasteiger partial charge in [-0.05, 0) is 12.0 Å². The second-order valence-electron chi connectivity index (χ2n) is 5.54. The number of halogens is 7. The van der Waals surface area contributed by atoms with E-state index >= 15 is 0 Å². The van der Waals surface area contributed by atoms with Gasteiger partial charge in [0.1, 0.15) is 5.25 Å². The van der Waals surface area contributed by atoms with E-state index in [1.165, 1.54) is 6.08 Å². The van der Waals surface area contributed by atoms with E-state index in [2.05, 4.69) is 0 Å². The molecule has 0 aromatic rings. The van der Waals surface area contributed by atoms with E-state index in [0.717, 1.165) is 12.2 Å². The molecule has 26 heavy (non-hydrogen) atoms. The fraction of sp³-hybridized carbons (Fsp3) is 0.538. The van der Waals surface area contributed by atoms with Gasteiger partial charge in [-0.25, -0.2) is 34.4 Å². The predicted octanol–water partition coefficient (Wildman–Crippen LogP) is 2.80. The minimum Gasteiger partial charge on any atom is -0.243 e. The lowest BCUT2D eigenvalue weighted by molar-refractivity contribution is -0.0425. The van der Waals surface area contributed by atoms with Crippen molar-refractivity contribution < 1.29 is 47.6 Å². The molecule has 148 valence electrons. The van der Waals surface area contributed by atoms with Crippen molar-refractivity contribution >= 4 is 19.7 Å². The van der Waals surface area contributed by atoms with Crippen molar-refractivity contribution in [2.24, 2.45) is 0 Å². The minimum absolute atomic E-state index is 0.612. The van der Waals surface area contributed by atoms with Crippen molar-refractivity contribution in [3.63, 3.8) is 0 Å². The molecule has 0 amide bonds. The van der Waals surface area contributed by atoms with Crippen LogP contribution in [0.2, 0.25) is 0 Å².